The van der Waals surface area contributed by atoms with Gasteiger partial charge in [0.05, 0.1) is 37.7 Å². The molecule has 11 heteroatoms. The lowest BCUT2D eigenvalue weighted by Crippen LogP contribution is -2.49. The number of carbonyl (C=O) groups excluding carboxylic acids is 3. The monoisotopic (exact) mass is 477 g/mol. The molecule has 3 aliphatic rings. The van der Waals surface area contributed by atoms with E-state index in [0.717, 1.165) is 19.6 Å². The summed E-state index contributed by atoms with van der Waals surface area (Å²) in [7, 11) is 0. The van der Waals surface area contributed by atoms with E-state index >= 15 is 0 Å². The van der Waals surface area contributed by atoms with E-state index in [9.17, 15) is 18.8 Å². The summed E-state index contributed by atoms with van der Waals surface area (Å²) in [6.07, 6.45) is -0.558. The first-order valence-corrected chi connectivity index (χ1v) is 11.8. The third kappa shape index (κ3) is 5.95. The molecule has 3 amide bonds. The van der Waals surface area contributed by atoms with Crippen molar-refractivity contribution in [2.45, 2.75) is 19.4 Å². The van der Waals surface area contributed by atoms with Gasteiger partial charge in [-0.2, -0.15) is 0 Å². The molecule has 0 aromatic heterocycles. The zero-order chi connectivity index (χ0) is 24.1. The number of piperazine rings is 1. The van der Waals surface area contributed by atoms with Crippen LogP contribution in [0.2, 0.25) is 0 Å². The maximum Gasteiger partial charge on any atom is 0.414 e. The minimum absolute atomic E-state index is 0.128. The molecule has 0 bridgehead atoms. The molecule has 10 nitrogen and oxygen atoms in total. The van der Waals surface area contributed by atoms with Gasteiger partial charge < -0.3 is 24.6 Å². The minimum Gasteiger partial charge on any atom is -0.442 e. The van der Waals surface area contributed by atoms with E-state index in [0.29, 0.717) is 57.2 Å². The lowest BCUT2D eigenvalue weighted by Gasteiger charge is -2.37. The van der Waals surface area contributed by atoms with Crippen molar-refractivity contribution in [1.29, 1.82) is 0 Å². The van der Waals surface area contributed by atoms with Crippen molar-refractivity contribution in [3.05, 3.63) is 24.0 Å². The number of hydrogen-bond acceptors (Lipinski definition) is 7. The summed E-state index contributed by atoms with van der Waals surface area (Å²) in [4.78, 5) is 43.2. The molecule has 0 spiro atoms. The smallest absolute Gasteiger partial charge is 0.414 e. The average molecular weight is 478 g/mol. The predicted octanol–water partition coefficient (Wildman–Crippen LogP) is 0.658. The van der Waals surface area contributed by atoms with Crippen molar-refractivity contribution in [3.63, 3.8) is 0 Å². The number of nitrogens with zero attached hydrogens (tertiary/aromatic N) is 4. The maximum absolute atomic E-state index is 15.0. The van der Waals surface area contributed by atoms with Crippen LogP contribution in [-0.2, 0) is 19.1 Å². The van der Waals surface area contributed by atoms with Gasteiger partial charge in [0.1, 0.15) is 11.9 Å². The first-order valence-electron chi connectivity index (χ1n) is 11.8. The second kappa shape index (κ2) is 11.0. The molecular weight excluding hydrogens is 445 g/mol. The Labute approximate surface area is 198 Å². The standard InChI is InChI=1S/C23H32FN5O5/c1-17(30)25-15-19-16-29(23(32)34-19)18-2-3-21(20(24)14-18)27-6-8-28(9-7-27)22(31)4-5-26-10-12-33-13-11-26/h2-3,14,19H,4-13,15-16H2,1H3,(H,25,30)/t19-/m0/s1. The minimum atomic E-state index is -0.563. The number of anilines is 2. The number of morpholine rings is 1. The molecule has 3 fully saturated rings. The van der Waals surface area contributed by atoms with Gasteiger partial charge >= 0.3 is 6.09 Å². The molecular formula is C23H32FN5O5. The Bertz CT molecular complexity index is 902. The Balaban J connectivity index is 1.28. The van der Waals surface area contributed by atoms with Gasteiger partial charge in [0, 0.05) is 59.2 Å². The Hall–Kier alpha value is -2.92. The highest BCUT2D eigenvalue weighted by molar-refractivity contribution is 5.90. The van der Waals surface area contributed by atoms with Crippen LogP contribution in [0.25, 0.3) is 0 Å². The van der Waals surface area contributed by atoms with Crippen LogP contribution < -0.4 is 15.1 Å². The first-order chi connectivity index (χ1) is 16.4. The van der Waals surface area contributed by atoms with Crippen LogP contribution in [0, 0.1) is 5.82 Å². The van der Waals surface area contributed by atoms with Crippen molar-refractivity contribution in [2.24, 2.45) is 0 Å². The van der Waals surface area contributed by atoms with E-state index in [1.807, 2.05) is 9.80 Å². The summed E-state index contributed by atoms with van der Waals surface area (Å²) in [5.41, 5.74) is 0.861. The molecule has 1 aromatic rings. The van der Waals surface area contributed by atoms with Crippen LogP contribution in [0.3, 0.4) is 0 Å². The highest BCUT2D eigenvalue weighted by Gasteiger charge is 2.33. The number of nitrogens with one attached hydrogen (secondary N) is 1. The Kier molecular flexibility index (Phi) is 7.84. The Morgan fingerprint density at radius 1 is 1.12 bits per heavy atom. The fraction of sp³-hybridized carbons (Fsp3) is 0.609. The summed E-state index contributed by atoms with van der Waals surface area (Å²) in [6, 6.07) is 4.69. The summed E-state index contributed by atoms with van der Waals surface area (Å²) < 4.78 is 25.6. The van der Waals surface area contributed by atoms with Crippen LogP contribution in [-0.4, -0.2) is 106 Å². The second-order valence-corrected chi connectivity index (χ2v) is 8.76. The summed E-state index contributed by atoms with van der Waals surface area (Å²) in [5.74, 6) is -0.505. The molecule has 0 unspecified atom stereocenters. The average Bonchev–Trinajstić information content (AvgIpc) is 3.22. The van der Waals surface area contributed by atoms with E-state index in [-0.39, 0.29) is 24.9 Å². The number of carbonyl (C=O) groups is 3. The van der Waals surface area contributed by atoms with Crippen LogP contribution >= 0.6 is 0 Å². The second-order valence-electron chi connectivity index (χ2n) is 8.76. The molecule has 3 aliphatic heterocycles. The SMILES string of the molecule is CC(=O)NC[C@H]1CN(c2ccc(N3CCN(C(=O)CCN4CCOCC4)CC3)c(F)c2)C(=O)O1. The molecule has 1 aromatic carbocycles. The van der Waals surface area contributed by atoms with Gasteiger partial charge in [0.25, 0.3) is 0 Å². The van der Waals surface area contributed by atoms with Crippen molar-refractivity contribution in [2.75, 3.05) is 81.9 Å². The predicted molar refractivity (Wildman–Crippen MR) is 123 cm³/mol. The molecule has 1 N–H and O–H groups in total. The normalized spacial score (nSPS) is 21.5. The lowest BCUT2D eigenvalue weighted by molar-refractivity contribution is -0.132. The van der Waals surface area contributed by atoms with E-state index in [1.165, 1.54) is 17.9 Å². The fourth-order valence-corrected chi connectivity index (χ4v) is 4.45. The van der Waals surface area contributed by atoms with Gasteiger partial charge in [0.2, 0.25) is 11.8 Å². The van der Waals surface area contributed by atoms with Crippen molar-refractivity contribution >= 4 is 29.3 Å². The largest absolute Gasteiger partial charge is 0.442 e. The first kappa shape index (κ1) is 24.2. The topological polar surface area (TPSA) is 94.7 Å². The van der Waals surface area contributed by atoms with Gasteiger partial charge in [-0.25, -0.2) is 9.18 Å². The van der Waals surface area contributed by atoms with Crippen LogP contribution in [0.1, 0.15) is 13.3 Å². The maximum atomic E-state index is 15.0. The number of cyclic esters (lactones) is 1. The van der Waals surface area contributed by atoms with Gasteiger partial charge in [-0.3, -0.25) is 19.4 Å². The Morgan fingerprint density at radius 3 is 2.53 bits per heavy atom. The quantitative estimate of drug-likeness (QED) is 0.617. The highest BCUT2D eigenvalue weighted by Crippen LogP contribution is 2.28. The molecule has 3 saturated heterocycles. The molecule has 0 aliphatic carbocycles. The molecule has 0 saturated carbocycles. The van der Waals surface area contributed by atoms with Gasteiger partial charge in [-0.05, 0) is 18.2 Å². The zero-order valence-corrected chi connectivity index (χ0v) is 19.5. The fourth-order valence-electron chi connectivity index (χ4n) is 4.45. The Morgan fingerprint density at radius 2 is 1.85 bits per heavy atom. The van der Waals surface area contributed by atoms with Gasteiger partial charge in [-0.1, -0.05) is 0 Å². The van der Waals surface area contributed by atoms with Crippen LogP contribution in [0.4, 0.5) is 20.6 Å². The lowest BCUT2D eigenvalue weighted by atomic mass is 10.2. The van der Waals surface area contributed by atoms with Crippen LogP contribution in [0.15, 0.2) is 18.2 Å². The van der Waals surface area contributed by atoms with E-state index in [1.54, 1.807) is 12.1 Å². The number of rotatable bonds is 7. The number of halogens is 1. The summed E-state index contributed by atoms with van der Waals surface area (Å²) >= 11 is 0. The third-order valence-corrected chi connectivity index (χ3v) is 6.41. The summed E-state index contributed by atoms with van der Waals surface area (Å²) in [5, 5.41) is 2.62. The van der Waals surface area contributed by atoms with E-state index < -0.39 is 18.0 Å². The number of benzene rings is 1. The van der Waals surface area contributed by atoms with E-state index in [2.05, 4.69) is 10.2 Å². The molecule has 34 heavy (non-hydrogen) atoms. The third-order valence-electron chi connectivity index (χ3n) is 6.41. The van der Waals surface area contributed by atoms with Crippen LogP contribution in [0.5, 0.6) is 0 Å². The van der Waals surface area contributed by atoms with Gasteiger partial charge in [0.15, 0.2) is 0 Å². The molecule has 4 rings (SSSR count). The molecule has 3 heterocycles. The van der Waals surface area contributed by atoms with E-state index in [4.69, 9.17) is 9.47 Å². The van der Waals surface area contributed by atoms with Crippen molar-refractivity contribution in [3.8, 4) is 0 Å². The van der Waals surface area contributed by atoms with Crippen molar-refractivity contribution in [1.82, 2.24) is 15.1 Å². The van der Waals surface area contributed by atoms with Crippen molar-refractivity contribution < 1.29 is 28.2 Å². The molecule has 186 valence electrons. The highest BCUT2D eigenvalue weighted by atomic mass is 19.1. The summed E-state index contributed by atoms with van der Waals surface area (Å²) in [6.45, 7) is 7.93. The number of amides is 3. The zero-order valence-electron chi connectivity index (χ0n) is 19.5. The van der Waals surface area contributed by atoms with Gasteiger partial charge in [-0.15, -0.1) is 0 Å². The molecule has 0 radical (unpaired) electrons. The molecule has 1 atom stereocenters. The number of hydrogen-bond donors (Lipinski definition) is 1. The number of ether oxygens (including phenoxy) is 2.